The smallest absolute Gasteiger partial charge is 0.271 e. The fraction of sp³-hybridized carbons (Fsp3) is 0.135. The number of nitrogens with zero attached hydrogens (tertiary/aromatic N) is 3. The molecule has 0 spiro atoms. The van der Waals surface area contributed by atoms with Gasteiger partial charge in [0.15, 0.2) is 29.3 Å². The summed E-state index contributed by atoms with van der Waals surface area (Å²) < 4.78 is 20.6. The minimum absolute atomic E-state index is 0. The Bertz CT molecular complexity index is 2130. The van der Waals surface area contributed by atoms with E-state index in [0.717, 1.165) is 0 Å². The number of pyridine rings is 2. The Hall–Kier alpha value is -6.55. The number of carbonyl (C=O) groups excluding carboxylic acids is 3. The zero-order valence-electron chi connectivity index (χ0n) is 27.5. The maximum atomic E-state index is 11.4. The van der Waals surface area contributed by atoms with Gasteiger partial charge >= 0.3 is 0 Å². The van der Waals surface area contributed by atoms with Gasteiger partial charge in [-0.15, -0.1) is 12.4 Å². The van der Waals surface area contributed by atoms with Gasteiger partial charge in [0.1, 0.15) is 28.7 Å². The Labute approximate surface area is 308 Å². The number of Topliss-reactive ketones (excluding diaryl/α,β-unsaturated/α-hetero) is 2. The van der Waals surface area contributed by atoms with Gasteiger partial charge in [-0.25, -0.2) is 4.98 Å². The molecule has 16 heteroatoms. The van der Waals surface area contributed by atoms with Crippen LogP contribution in [0.1, 0.15) is 61.4 Å². The first-order valence-electron chi connectivity index (χ1n) is 15.0. The van der Waals surface area contributed by atoms with Crippen LogP contribution >= 0.6 is 12.4 Å². The van der Waals surface area contributed by atoms with Crippen molar-refractivity contribution in [1.82, 2.24) is 19.9 Å². The van der Waals surface area contributed by atoms with Crippen LogP contribution in [0.4, 0.5) is 0 Å². The normalized spacial score (nSPS) is 10.1. The number of aromatic nitrogens is 4. The molecular weight excluding hydrogens is 712 g/mol. The molecule has 0 saturated carbocycles. The summed E-state index contributed by atoms with van der Waals surface area (Å²) in [4.78, 5) is 48.9. The summed E-state index contributed by atoms with van der Waals surface area (Å²) in [6, 6.07) is 13.1. The lowest BCUT2D eigenvalue weighted by molar-refractivity contribution is 0.0785. The first kappa shape index (κ1) is 40.9. The van der Waals surface area contributed by atoms with E-state index in [1.54, 1.807) is 62.8 Å². The number of hydrogen-bond acceptors (Lipinski definition) is 14. The van der Waals surface area contributed by atoms with E-state index in [1.807, 2.05) is 0 Å². The Balaban J connectivity index is 0.000000231. The molecule has 53 heavy (non-hydrogen) atoms. The van der Waals surface area contributed by atoms with Crippen LogP contribution in [0.3, 0.4) is 0 Å². The Morgan fingerprint density at radius 1 is 0.736 bits per heavy atom. The summed E-state index contributed by atoms with van der Waals surface area (Å²) in [7, 11) is 0. The third kappa shape index (κ3) is 9.04. The molecule has 0 saturated heterocycles. The molecule has 0 bridgehead atoms. The van der Waals surface area contributed by atoms with Gasteiger partial charge in [-0.1, -0.05) is 7.43 Å². The number of aromatic hydroxyl groups is 2. The molecule has 15 nitrogen and oxygen atoms in total. The van der Waals surface area contributed by atoms with Crippen molar-refractivity contribution in [2.24, 2.45) is 0 Å². The van der Waals surface area contributed by atoms with E-state index < -0.39 is 11.6 Å². The van der Waals surface area contributed by atoms with Crippen molar-refractivity contribution < 1.29 is 52.5 Å². The number of halogens is 1. The second kappa shape index (κ2) is 18.6. The molecule has 0 atom stereocenters. The Morgan fingerprint density at radius 2 is 1.23 bits per heavy atom. The molecule has 7 heterocycles. The van der Waals surface area contributed by atoms with Crippen molar-refractivity contribution in [3.63, 3.8) is 0 Å². The predicted octanol–water partition coefficient (Wildman–Crippen LogP) is 6.89. The average molecular weight is 747 g/mol. The third-order valence-corrected chi connectivity index (χ3v) is 7.29. The zero-order valence-corrected chi connectivity index (χ0v) is 28.3. The standard InChI is InChI=1S/C18H15N3O4.C10H6O4.C8H9NO3.CH4.ClH/c1-10-17(23)14(11(9-22)8-19-10)18-20-15(12-4-2-6-24-12)16(21-18)13-5-3-7-25-13;11-9(7-3-1-5-13-7)10(12)8-4-2-6-14-8;1-5-8(12)7(4-11)6(3-10)2-9-5;;/h2-8,22-23H,9H2,1H3,(H,20,21);1-6H;2,4,10,12H,3H2,1H3;1H4;1H. The minimum Gasteiger partial charge on any atom is -0.505 e. The van der Waals surface area contributed by atoms with Gasteiger partial charge in [0, 0.05) is 23.5 Å². The summed E-state index contributed by atoms with van der Waals surface area (Å²) in [5.41, 5.74) is 3.32. The second-order valence-electron chi connectivity index (χ2n) is 10.5. The number of H-pyrrole nitrogens is 1. The molecule has 0 unspecified atom stereocenters. The zero-order chi connectivity index (χ0) is 36.5. The summed E-state index contributed by atoms with van der Waals surface area (Å²) >= 11 is 0. The number of hydrogen-bond donors (Lipinski definition) is 5. The Kier molecular flexibility index (Phi) is 14.4. The highest BCUT2D eigenvalue weighted by Crippen LogP contribution is 2.38. The molecule has 0 fully saturated rings. The lowest BCUT2D eigenvalue weighted by atomic mass is 10.1. The van der Waals surface area contributed by atoms with Gasteiger partial charge < -0.3 is 43.1 Å². The molecule has 0 radical (unpaired) electrons. The van der Waals surface area contributed by atoms with E-state index in [4.69, 9.17) is 22.8 Å². The lowest BCUT2D eigenvalue weighted by Gasteiger charge is -2.08. The van der Waals surface area contributed by atoms with Crippen molar-refractivity contribution >= 4 is 30.3 Å². The number of imidazole rings is 1. The summed E-state index contributed by atoms with van der Waals surface area (Å²) in [5, 5.41) is 38.1. The van der Waals surface area contributed by atoms with Crippen molar-refractivity contribution in [2.45, 2.75) is 34.5 Å². The van der Waals surface area contributed by atoms with Crippen LogP contribution in [0.15, 0.2) is 104 Å². The highest BCUT2D eigenvalue weighted by molar-refractivity contribution is 6.47. The van der Waals surface area contributed by atoms with Crippen LogP contribution < -0.4 is 0 Å². The largest absolute Gasteiger partial charge is 0.505 e. The lowest BCUT2D eigenvalue weighted by Crippen LogP contribution is -2.12. The highest BCUT2D eigenvalue weighted by Gasteiger charge is 2.24. The number of nitrogens with one attached hydrogen (secondary N) is 1. The molecule has 276 valence electrons. The number of aromatic amines is 1. The molecule has 7 aromatic heterocycles. The fourth-order valence-electron chi connectivity index (χ4n) is 4.65. The highest BCUT2D eigenvalue weighted by atomic mass is 35.5. The topological polar surface area (TPSA) is 239 Å². The first-order chi connectivity index (χ1) is 24.7. The van der Waals surface area contributed by atoms with Crippen LogP contribution in [-0.2, 0) is 13.2 Å². The van der Waals surface area contributed by atoms with Gasteiger partial charge in [0.2, 0.25) is 0 Å². The summed E-state index contributed by atoms with van der Waals surface area (Å²) in [6.45, 7) is 2.70. The van der Waals surface area contributed by atoms with Gasteiger partial charge in [0.25, 0.3) is 11.6 Å². The SMILES string of the molecule is C.Cc1ncc(CO)c(-c2nc(-c3ccco3)c(-c3ccco3)[nH]2)c1O.Cc1ncc(CO)c(C=O)c1O.Cl.O=C(C(=O)c1ccco1)c1ccco1. The fourth-order valence-corrected chi connectivity index (χ4v) is 4.65. The predicted molar refractivity (Wildman–Crippen MR) is 192 cm³/mol. The number of furan rings is 4. The van der Waals surface area contributed by atoms with E-state index in [9.17, 15) is 29.7 Å². The van der Waals surface area contributed by atoms with Crippen LogP contribution in [0.2, 0.25) is 0 Å². The Morgan fingerprint density at radius 3 is 1.70 bits per heavy atom. The van der Waals surface area contributed by atoms with Crippen molar-refractivity contribution in [1.29, 1.82) is 0 Å². The minimum atomic E-state index is -0.704. The molecule has 7 rings (SSSR count). The summed E-state index contributed by atoms with van der Waals surface area (Å²) in [6.07, 6.45) is 9.20. The van der Waals surface area contributed by atoms with E-state index in [-0.39, 0.29) is 61.6 Å². The second-order valence-corrected chi connectivity index (χ2v) is 10.5. The summed E-state index contributed by atoms with van der Waals surface area (Å²) in [5.74, 6) is -0.0166. The van der Waals surface area contributed by atoms with E-state index in [1.165, 1.54) is 37.1 Å². The molecule has 0 aliphatic carbocycles. The maximum absolute atomic E-state index is 11.4. The van der Waals surface area contributed by atoms with E-state index in [0.29, 0.717) is 63.1 Å². The third-order valence-electron chi connectivity index (χ3n) is 7.29. The number of rotatable bonds is 9. The van der Waals surface area contributed by atoms with Crippen molar-refractivity contribution in [3.8, 4) is 45.8 Å². The van der Waals surface area contributed by atoms with Gasteiger partial charge in [-0.2, -0.15) is 0 Å². The number of aryl methyl sites for hydroxylation is 2. The molecule has 5 N–H and O–H groups in total. The molecule has 0 aliphatic heterocycles. The van der Waals surface area contributed by atoms with Crippen LogP contribution in [0.25, 0.3) is 34.3 Å². The number of aliphatic hydroxyl groups excluding tert-OH is 2. The first-order valence-corrected chi connectivity index (χ1v) is 15.0. The van der Waals surface area contributed by atoms with Crippen LogP contribution in [-0.4, -0.2) is 58.2 Å². The van der Waals surface area contributed by atoms with Crippen LogP contribution in [0, 0.1) is 13.8 Å². The molecule has 0 aromatic carbocycles. The van der Waals surface area contributed by atoms with Gasteiger partial charge in [-0.3, -0.25) is 24.4 Å². The van der Waals surface area contributed by atoms with E-state index in [2.05, 4.69) is 19.9 Å². The van der Waals surface area contributed by atoms with Crippen LogP contribution in [0.5, 0.6) is 11.5 Å². The number of aliphatic hydroxyl groups is 2. The molecular formula is C37H35ClN4O11. The van der Waals surface area contributed by atoms with Crippen molar-refractivity contribution in [2.75, 3.05) is 0 Å². The number of aldehydes is 1. The monoisotopic (exact) mass is 746 g/mol. The van der Waals surface area contributed by atoms with Gasteiger partial charge in [0.05, 0.1) is 60.8 Å². The van der Waals surface area contributed by atoms with Gasteiger partial charge in [-0.05, 0) is 62.4 Å². The average Bonchev–Trinajstić information content (AvgIpc) is 3.99. The number of carbonyl (C=O) groups is 3. The molecule has 0 amide bonds. The molecule has 7 aromatic rings. The maximum Gasteiger partial charge on any atom is 0.271 e. The van der Waals surface area contributed by atoms with E-state index >= 15 is 0 Å². The van der Waals surface area contributed by atoms with Crippen molar-refractivity contribution in [3.05, 3.63) is 126 Å². The quantitative estimate of drug-likeness (QED) is 0.0574. The molecule has 0 aliphatic rings. The number of ketones is 2.